The van der Waals surface area contributed by atoms with E-state index in [-0.39, 0.29) is 24.3 Å². The number of hydrogen-bond donors (Lipinski definition) is 0. The Bertz CT molecular complexity index is 791. The van der Waals surface area contributed by atoms with E-state index in [0.717, 1.165) is 17.0 Å². The zero-order chi connectivity index (χ0) is 17.2. The van der Waals surface area contributed by atoms with Gasteiger partial charge in [-0.15, -0.1) is 0 Å². The molecule has 0 radical (unpaired) electrons. The van der Waals surface area contributed by atoms with E-state index >= 15 is 0 Å². The number of carbonyl (C=O) groups excluding carboxylic acids is 2. The molecule has 0 spiro atoms. The summed E-state index contributed by atoms with van der Waals surface area (Å²) in [6.07, 6.45) is 0.469. The van der Waals surface area contributed by atoms with Gasteiger partial charge in [0.05, 0.1) is 12.2 Å². The molecule has 1 atom stereocenters. The van der Waals surface area contributed by atoms with E-state index in [9.17, 15) is 9.59 Å². The van der Waals surface area contributed by atoms with Crippen LogP contribution >= 0.6 is 0 Å². The molecular weight excluding hydrogens is 316 g/mol. The molecule has 1 fully saturated rings. The van der Waals surface area contributed by atoms with Gasteiger partial charge in [0, 0.05) is 18.9 Å². The van der Waals surface area contributed by atoms with Crippen LogP contribution in [-0.2, 0) is 9.59 Å². The molecule has 0 saturated carbocycles. The van der Waals surface area contributed by atoms with Crippen molar-refractivity contribution < 1.29 is 14.3 Å². The Hall–Kier alpha value is -2.82. The molecule has 1 saturated heterocycles. The highest BCUT2D eigenvalue weighted by molar-refractivity contribution is 5.98. The summed E-state index contributed by atoms with van der Waals surface area (Å²) >= 11 is 0. The van der Waals surface area contributed by atoms with Crippen molar-refractivity contribution in [2.45, 2.75) is 12.3 Å². The number of benzene rings is 2. The van der Waals surface area contributed by atoms with Crippen molar-refractivity contribution >= 4 is 17.5 Å². The lowest BCUT2D eigenvalue weighted by atomic mass is 9.99. The minimum absolute atomic E-state index is 0.0451. The predicted molar refractivity (Wildman–Crippen MR) is 94.7 cm³/mol. The van der Waals surface area contributed by atoms with Gasteiger partial charge in [-0.1, -0.05) is 42.5 Å². The number of fused-ring (bicyclic) bond motifs is 1. The lowest BCUT2D eigenvalue weighted by Crippen LogP contribution is -2.44. The maximum atomic E-state index is 12.8. The van der Waals surface area contributed by atoms with Crippen molar-refractivity contribution in [3.63, 3.8) is 0 Å². The van der Waals surface area contributed by atoms with Crippen LogP contribution in [0.25, 0.3) is 0 Å². The maximum Gasteiger partial charge on any atom is 0.246 e. The molecule has 2 heterocycles. The minimum Gasteiger partial charge on any atom is -0.490 e. The van der Waals surface area contributed by atoms with Gasteiger partial charge in [-0.3, -0.25) is 9.59 Å². The highest BCUT2D eigenvalue weighted by Crippen LogP contribution is 2.32. The number of para-hydroxylation sites is 2. The minimum atomic E-state index is -0.0576. The molecule has 0 N–H and O–H groups in total. The van der Waals surface area contributed by atoms with Crippen LogP contribution in [-0.4, -0.2) is 43.0 Å². The van der Waals surface area contributed by atoms with Crippen LogP contribution in [0, 0.1) is 0 Å². The number of amides is 2. The summed E-state index contributed by atoms with van der Waals surface area (Å²) in [6, 6.07) is 17.5. The van der Waals surface area contributed by atoms with Gasteiger partial charge in [-0.25, -0.2) is 0 Å². The van der Waals surface area contributed by atoms with Gasteiger partial charge in [0.2, 0.25) is 11.8 Å². The van der Waals surface area contributed by atoms with Gasteiger partial charge >= 0.3 is 0 Å². The topological polar surface area (TPSA) is 49.9 Å². The van der Waals surface area contributed by atoms with Gasteiger partial charge in [0.15, 0.2) is 0 Å². The summed E-state index contributed by atoms with van der Waals surface area (Å²) in [5, 5.41) is 0. The number of rotatable bonds is 3. The number of hydrogen-bond acceptors (Lipinski definition) is 3. The first-order valence-electron chi connectivity index (χ1n) is 8.57. The Balaban J connectivity index is 1.46. The lowest BCUT2D eigenvalue weighted by molar-refractivity contribution is -0.132. The predicted octanol–water partition coefficient (Wildman–Crippen LogP) is 2.43. The lowest BCUT2D eigenvalue weighted by Gasteiger charge is -2.30. The van der Waals surface area contributed by atoms with Crippen LogP contribution in [0.4, 0.5) is 5.69 Å². The summed E-state index contributed by atoms with van der Waals surface area (Å²) in [5.41, 5.74) is 1.94. The largest absolute Gasteiger partial charge is 0.490 e. The second-order valence-corrected chi connectivity index (χ2v) is 6.45. The van der Waals surface area contributed by atoms with Crippen molar-refractivity contribution in [3.8, 4) is 5.75 Å². The van der Waals surface area contributed by atoms with E-state index in [4.69, 9.17) is 4.74 Å². The molecule has 2 aliphatic rings. The van der Waals surface area contributed by atoms with Gasteiger partial charge in [0.1, 0.15) is 18.9 Å². The summed E-state index contributed by atoms with van der Waals surface area (Å²) in [5.74, 6) is 0.872. The molecule has 2 aliphatic heterocycles. The molecule has 0 unspecified atom stereocenters. The molecule has 2 amide bonds. The van der Waals surface area contributed by atoms with E-state index in [1.807, 2.05) is 54.6 Å². The Morgan fingerprint density at radius 2 is 1.84 bits per heavy atom. The van der Waals surface area contributed by atoms with E-state index in [1.54, 1.807) is 9.80 Å². The normalized spacial score (nSPS) is 19.5. The van der Waals surface area contributed by atoms with Crippen molar-refractivity contribution in [3.05, 3.63) is 60.2 Å². The zero-order valence-corrected chi connectivity index (χ0v) is 13.9. The van der Waals surface area contributed by atoms with Crippen LogP contribution in [0.2, 0.25) is 0 Å². The van der Waals surface area contributed by atoms with Crippen LogP contribution in [0.3, 0.4) is 0 Å². The fraction of sp³-hybridized carbons (Fsp3) is 0.300. The third-order valence-corrected chi connectivity index (χ3v) is 4.84. The smallest absolute Gasteiger partial charge is 0.246 e. The molecule has 25 heavy (non-hydrogen) atoms. The quantitative estimate of drug-likeness (QED) is 0.865. The second-order valence-electron chi connectivity index (χ2n) is 6.45. The Labute approximate surface area is 146 Å². The summed E-state index contributed by atoms with van der Waals surface area (Å²) in [7, 11) is 0. The maximum absolute atomic E-state index is 12.8. The third kappa shape index (κ3) is 3.09. The number of ether oxygens (including phenoxy) is 1. The third-order valence-electron chi connectivity index (χ3n) is 4.84. The number of anilines is 1. The number of carbonyl (C=O) groups is 2. The molecule has 2 aromatic rings. The molecule has 0 aliphatic carbocycles. The first-order valence-corrected chi connectivity index (χ1v) is 8.57. The second kappa shape index (κ2) is 6.59. The van der Waals surface area contributed by atoms with E-state index < -0.39 is 0 Å². The number of likely N-dealkylation sites (tertiary alicyclic amines) is 1. The molecule has 5 heteroatoms. The van der Waals surface area contributed by atoms with Crippen LogP contribution in [0.15, 0.2) is 54.6 Å². The fourth-order valence-electron chi connectivity index (χ4n) is 3.55. The molecular formula is C20H20N2O3. The average molecular weight is 336 g/mol. The van der Waals surface area contributed by atoms with Gasteiger partial charge in [-0.2, -0.15) is 0 Å². The first-order chi connectivity index (χ1) is 12.2. The number of nitrogens with zero attached hydrogens (tertiary/aromatic N) is 2. The molecule has 128 valence electrons. The molecule has 5 nitrogen and oxygen atoms in total. The molecule has 4 rings (SSSR count). The Kier molecular flexibility index (Phi) is 4.14. The van der Waals surface area contributed by atoms with E-state index in [2.05, 4.69) is 0 Å². The summed E-state index contributed by atoms with van der Waals surface area (Å²) in [4.78, 5) is 28.5. The average Bonchev–Trinajstić information content (AvgIpc) is 3.02. The highest BCUT2D eigenvalue weighted by atomic mass is 16.5. The molecule has 0 bridgehead atoms. The first kappa shape index (κ1) is 15.7. The zero-order valence-electron chi connectivity index (χ0n) is 13.9. The Morgan fingerprint density at radius 1 is 1.08 bits per heavy atom. The molecule has 0 aromatic heterocycles. The van der Waals surface area contributed by atoms with E-state index in [0.29, 0.717) is 26.1 Å². The molecule has 2 aromatic carbocycles. The van der Waals surface area contributed by atoms with Crippen LogP contribution < -0.4 is 9.64 Å². The van der Waals surface area contributed by atoms with Gasteiger partial charge in [-0.05, 0) is 17.7 Å². The standard InChI is InChI=1S/C20H20N2O3/c23-19-12-16(15-6-2-1-3-7-15)13-21(19)14-20(24)22-10-11-25-18-9-5-4-8-17(18)22/h1-9,16H,10-14H2/t16-/m0/s1. The fourth-order valence-corrected chi connectivity index (χ4v) is 3.55. The van der Waals surface area contributed by atoms with Crippen molar-refractivity contribution in [2.24, 2.45) is 0 Å². The monoisotopic (exact) mass is 336 g/mol. The Morgan fingerprint density at radius 3 is 2.68 bits per heavy atom. The van der Waals surface area contributed by atoms with Crippen molar-refractivity contribution in [2.75, 3.05) is 31.1 Å². The summed E-state index contributed by atoms with van der Waals surface area (Å²) in [6.45, 7) is 1.71. The highest BCUT2D eigenvalue weighted by Gasteiger charge is 2.33. The SMILES string of the molecule is O=C1C[C@H](c2ccccc2)CN1CC(=O)N1CCOc2ccccc21. The van der Waals surface area contributed by atoms with Gasteiger partial charge < -0.3 is 14.5 Å². The van der Waals surface area contributed by atoms with Crippen LogP contribution in [0.5, 0.6) is 5.75 Å². The van der Waals surface area contributed by atoms with Crippen molar-refractivity contribution in [1.29, 1.82) is 0 Å². The van der Waals surface area contributed by atoms with Crippen molar-refractivity contribution in [1.82, 2.24) is 4.90 Å². The van der Waals surface area contributed by atoms with Crippen LogP contribution in [0.1, 0.15) is 17.9 Å². The summed E-state index contributed by atoms with van der Waals surface area (Å²) < 4.78 is 5.60. The van der Waals surface area contributed by atoms with E-state index in [1.165, 1.54) is 0 Å². The van der Waals surface area contributed by atoms with Gasteiger partial charge in [0.25, 0.3) is 0 Å².